The van der Waals surface area contributed by atoms with Crippen LogP contribution in [0.25, 0.3) is 0 Å². The molecular formula is C15H19FO3S. The van der Waals surface area contributed by atoms with E-state index in [-0.39, 0.29) is 24.0 Å². The topological polar surface area (TPSA) is 43.4 Å². The van der Waals surface area contributed by atoms with Crippen LogP contribution in [0.5, 0.6) is 0 Å². The molecule has 0 bridgehead atoms. The molecule has 0 fully saturated rings. The summed E-state index contributed by atoms with van der Waals surface area (Å²) in [5.41, 5.74) is 0. The van der Waals surface area contributed by atoms with Crippen molar-refractivity contribution in [2.24, 2.45) is 5.92 Å². The van der Waals surface area contributed by atoms with Crippen molar-refractivity contribution in [3.63, 3.8) is 0 Å². The molecule has 0 amide bonds. The molecule has 0 aliphatic carbocycles. The number of hydrogen-bond donors (Lipinski definition) is 0. The number of thioether (sulfide) groups is 1. The fraction of sp³-hybridized carbons (Fsp3) is 0.467. The summed E-state index contributed by atoms with van der Waals surface area (Å²) >= 11 is 1.30. The number of ether oxygens (including phenoxy) is 1. The van der Waals surface area contributed by atoms with Crippen molar-refractivity contribution in [1.29, 1.82) is 0 Å². The average Bonchev–Trinajstić information content (AvgIpc) is 2.44. The van der Waals surface area contributed by atoms with E-state index in [1.807, 2.05) is 6.92 Å². The van der Waals surface area contributed by atoms with Gasteiger partial charge >= 0.3 is 5.97 Å². The molecule has 0 spiro atoms. The van der Waals surface area contributed by atoms with Gasteiger partial charge in [-0.15, -0.1) is 11.8 Å². The number of rotatable bonds is 8. The maximum Gasteiger partial charge on any atom is 0.316 e. The minimum absolute atomic E-state index is 0.139. The molecule has 110 valence electrons. The Morgan fingerprint density at radius 2 is 1.90 bits per heavy atom. The van der Waals surface area contributed by atoms with Crippen LogP contribution in [-0.2, 0) is 14.3 Å². The molecule has 1 aromatic carbocycles. The van der Waals surface area contributed by atoms with Gasteiger partial charge in [0.15, 0.2) is 5.78 Å². The van der Waals surface area contributed by atoms with Gasteiger partial charge in [0.25, 0.3) is 0 Å². The second-order valence-electron chi connectivity index (χ2n) is 4.30. The Kier molecular flexibility index (Phi) is 7.30. The van der Waals surface area contributed by atoms with Gasteiger partial charge in [-0.3, -0.25) is 9.59 Å². The summed E-state index contributed by atoms with van der Waals surface area (Å²) < 4.78 is 17.7. The molecule has 1 unspecified atom stereocenters. The van der Waals surface area contributed by atoms with Crippen LogP contribution in [0, 0.1) is 11.7 Å². The number of Topliss-reactive ketones (excluding diaryl/α,β-unsaturated/α-hetero) is 1. The summed E-state index contributed by atoms with van der Waals surface area (Å²) in [4.78, 5) is 24.6. The third kappa shape index (κ3) is 5.33. The van der Waals surface area contributed by atoms with Gasteiger partial charge in [0.2, 0.25) is 0 Å². The number of halogens is 1. The monoisotopic (exact) mass is 298 g/mol. The molecule has 1 rings (SSSR count). The number of esters is 1. The highest BCUT2D eigenvalue weighted by Crippen LogP contribution is 2.21. The lowest BCUT2D eigenvalue weighted by atomic mass is 10.00. The maximum absolute atomic E-state index is 12.8. The van der Waals surface area contributed by atoms with Gasteiger partial charge in [-0.2, -0.15) is 0 Å². The molecule has 0 aliphatic heterocycles. The van der Waals surface area contributed by atoms with Crippen LogP contribution in [0.3, 0.4) is 0 Å². The lowest BCUT2D eigenvalue weighted by molar-refractivity contribution is -0.151. The zero-order chi connectivity index (χ0) is 15.0. The summed E-state index contributed by atoms with van der Waals surface area (Å²) in [6.07, 6.45) is 1.25. The molecule has 0 saturated heterocycles. The predicted molar refractivity (Wildman–Crippen MR) is 77.2 cm³/mol. The Morgan fingerprint density at radius 3 is 2.45 bits per heavy atom. The Balaban J connectivity index is 2.57. The van der Waals surface area contributed by atoms with Gasteiger partial charge in [-0.05, 0) is 37.6 Å². The smallest absolute Gasteiger partial charge is 0.316 e. The van der Waals surface area contributed by atoms with Crippen molar-refractivity contribution >= 4 is 23.5 Å². The number of ketones is 1. The fourth-order valence-electron chi connectivity index (χ4n) is 1.73. The predicted octanol–water partition coefficient (Wildman–Crippen LogP) is 3.47. The van der Waals surface area contributed by atoms with E-state index in [9.17, 15) is 14.0 Å². The highest BCUT2D eigenvalue weighted by Gasteiger charge is 2.26. The summed E-state index contributed by atoms with van der Waals surface area (Å²) in [5, 5.41) is 0. The first-order chi connectivity index (χ1) is 9.58. The Hall–Kier alpha value is -1.36. The van der Waals surface area contributed by atoms with Crippen LogP contribution in [-0.4, -0.2) is 24.1 Å². The van der Waals surface area contributed by atoms with E-state index < -0.39 is 11.9 Å². The van der Waals surface area contributed by atoms with E-state index in [4.69, 9.17) is 4.74 Å². The SMILES string of the molecule is CCCC(C(=O)CSc1ccc(F)cc1)C(=O)OCC. The third-order valence-electron chi connectivity index (χ3n) is 2.73. The zero-order valence-electron chi connectivity index (χ0n) is 11.7. The largest absolute Gasteiger partial charge is 0.465 e. The van der Waals surface area contributed by atoms with E-state index >= 15 is 0 Å². The van der Waals surface area contributed by atoms with Gasteiger partial charge < -0.3 is 4.74 Å². The molecule has 20 heavy (non-hydrogen) atoms. The Labute approximate surface area is 122 Å². The van der Waals surface area contributed by atoms with Crippen LogP contribution in [0.2, 0.25) is 0 Å². The molecular weight excluding hydrogens is 279 g/mol. The van der Waals surface area contributed by atoms with Crippen molar-refractivity contribution in [2.45, 2.75) is 31.6 Å². The molecule has 1 aromatic rings. The standard InChI is InChI=1S/C15H19FO3S/c1-3-5-13(15(18)19-4-2)14(17)10-20-12-8-6-11(16)7-9-12/h6-9,13H,3-5,10H2,1-2H3. The van der Waals surface area contributed by atoms with Gasteiger partial charge in [0.05, 0.1) is 12.4 Å². The quantitative estimate of drug-likeness (QED) is 0.419. The normalized spacial score (nSPS) is 11.9. The highest BCUT2D eigenvalue weighted by atomic mass is 32.2. The minimum atomic E-state index is -0.687. The molecule has 0 aromatic heterocycles. The van der Waals surface area contributed by atoms with Crippen LogP contribution < -0.4 is 0 Å². The summed E-state index contributed by atoms with van der Waals surface area (Å²) in [6, 6.07) is 5.93. The van der Waals surface area contributed by atoms with Crippen molar-refractivity contribution in [2.75, 3.05) is 12.4 Å². The second-order valence-corrected chi connectivity index (χ2v) is 5.35. The lowest BCUT2D eigenvalue weighted by Gasteiger charge is -2.13. The van der Waals surface area contributed by atoms with Crippen molar-refractivity contribution in [1.82, 2.24) is 0 Å². The maximum atomic E-state index is 12.8. The van der Waals surface area contributed by atoms with E-state index in [1.165, 1.54) is 23.9 Å². The van der Waals surface area contributed by atoms with Gasteiger partial charge in [-0.1, -0.05) is 13.3 Å². The van der Waals surface area contributed by atoms with Crippen molar-refractivity contribution < 1.29 is 18.7 Å². The summed E-state index contributed by atoms with van der Waals surface area (Å²) in [6.45, 7) is 3.92. The van der Waals surface area contributed by atoms with Crippen molar-refractivity contribution in [3.05, 3.63) is 30.1 Å². The van der Waals surface area contributed by atoms with Gasteiger partial charge in [-0.25, -0.2) is 4.39 Å². The van der Waals surface area contributed by atoms with Crippen molar-refractivity contribution in [3.8, 4) is 0 Å². The first kappa shape index (κ1) is 16.7. The van der Waals surface area contributed by atoms with Gasteiger partial charge in [0, 0.05) is 4.90 Å². The Morgan fingerprint density at radius 1 is 1.25 bits per heavy atom. The van der Waals surface area contributed by atoms with E-state index in [2.05, 4.69) is 0 Å². The number of hydrogen-bond acceptors (Lipinski definition) is 4. The molecule has 5 heteroatoms. The lowest BCUT2D eigenvalue weighted by Crippen LogP contribution is -2.27. The first-order valence-corrected chi connectivity index (χ1v) is 7.64. The fourth-order valence-corrected chi connectivity index (χ4v) is 2.57. The third-order valence-corrected chi connectivity index (χ3v) is 3.77. The second kappa shape index (κ2) is 8.74. The molecule has 0 N–H and O–H groups in total. The van der Waals surface area contributed by atoms with Crippen LogP contribution in [0.15, 0.2) is 29.2 Å². The Bertz CT molecular complexity index is 445. The molecule has 1 atom stereocenters. The van der Waals surface area contributed by atoms with Crippen LogP contribution in [0.1, 0.15) is 26.7 Å². The van der Waals surface area contributed by atoms with E-state index in [0.717, 1.165) is 11.3 Å². The first-order valence-electron chi connectivity index (χ1n) is 6.66. The number of benzene rings is 1. The summed E-state index contributed by atoms with van der Waals surface area (Å²) in [7, 11) is 0. The van der Waals surface area contributed by atoms with E-state index in [1.54, 1.807) is 19.1 Å². The summed E-state index contributed by atoms with van der Waals surface area (Å²) in [5.74, 6) is -1.39. The zero-order valence-corrected chi connectivity index (χ0v) is 12.5. The van der Waals surface area contributed by atoms with Crippen LogP contribution in [0.4, 0.5) is 4.39 Å². The highest BCUT2D eigenvalue weighted by molar-refractivity contribution is 8.00. The molecule has 3 nitrogen and oxygen atoms in total. The number of carbonyl (C=O) groups excluding carboxylic acids is 2. The molecule has 0 radical (unpaired) electrons. The average molecular weight is 298 g/mol. The molecule has 0 saturated carbocycles. The number of carbonyl (C=O) groups is 2. The van der Waals surface area contributed by atoms with E-state index in [0.29, 0.717) is 6.42 Å². The molecule has 0 heterocycles. The van der Waals surface area contributed by atoms with Gasteiger partial charge in [0.1, 0.15) is 11.7 Å². The molecule has 0 aliphatic rings. The minimum Gasteiger partial charge on any atom is -0.465 e. The van der Waals surface area contributed by atoms with Crippen LogP contribution >= 0.6 is 11.8 Å².